The van der Waals surface area contributed by atoms with E-state index in [1.807, 2.05) is 11.3 Å². The Bertz CT molecular complexity index is 3740. The van der Waals surface area contributed by atoms with E-state index in [1.54, 1.807) is 0 Å². The first-order valence-electron chi connectivity index (χ1n) is 19.4. The van der Waals surface area contributed by atoms with Gasteiger partial charge in [-0.15, -0.1) is 11.3 Å². The van der Waals surface area contributed by atoms with E-state index in [0.29, 0.717) is 0 Å². The van der Waals surface area contributed by atoms with Crippen molar-refractivity contribution in [2.45, 2.75) is 0 Å². The van der Waals surface area contributed by atoms with Gasteiger partial charge in [-0.3, -0.25) is 4.40 Å². The Hall–Kier alpha value is -7.27. The van der Waals surface area contributed by atoms with Gasteiger partial charge in [0.15, 0.2) is 5.65 Å². The zero-order valence-electron chi connectivity index (χ0n) is 30.6. The molecule has 0 saturated carbocycles. The van der Waals surface area contributed by atoms with Crippen LogP contribution < -0.4 is 0 Å². The lowest BCUT2D eigenvalue weighted by atomic mass is 10.0. The smallest absolute Gasteiger partial charge is 0.156 e. The van der Waals surface area contributed by atoms with Gasteiger partial charge in [-0.25, -0.2) is 4.98 Å². The number of thiophene rings is 1. The Balaban J connectivity index is 0.991. The standard InChI is InChI=1S/C53H31N3S/c1-2-10-36-28-43-39(27-35(36)9-1)23-26-48-51(43)54-53-52-45(44-29-37-11-3-4-12-38(37)30-50(44)57-52)31-49(56(48)53)34-19-17-32(18-20-34)33-21-24-40(25-22-33)55-46-15-7-5-13-41(46)42-14-6-8-16-47(42)55/h1-31H. The molecule has 264 valence electrons. The zero-order chi connectivity index (χ0) is 37.2. The summed E-state index contributed by atoms with van der Waals surface area (Å²) in [5.74, 6) is 0. The minimum Gasteiger partial charge on any atom is -0.309 e. The fraction of sp³-hybridized carbons (Fsp3) is 0. The van der Waals surface area contributed by atoms with Crippen molar-refractivity contribution >= 4 is 102 Å². The normalized spacial score (nSPS) is 12.2. The Labute approximate surface area is 330 Å². The van der Waals surface area contributed by atoms with Gasteiger partial charge in [-0.1, -0.05) is 127 Å². The zero-order valence-corrected chi connectivity index (χ0v) is 31.5. The van der Waals surface area contributed by atoms with E-state index in [4.69, 9.17) is 4.98 Å². The van der Waals surface area contributed by atoms with Crippen molar-refractivity contribution in [3.05, 3.63) is 188 Å². The summed E-state index contributed by atoms with van der Waals surface area (Å²) in [6.07, 6.45) is 0. The fourth-order valence-electron chi connectivity index (χ4n) is 9.31. The molecular formula is C53H31N3S. The summed E-state index contributed by atoms with van der Waals surface area (Å²) < 4.78 is 7.27. The van der Waals surface area contributed by atoms with Crippen LogP contribution in [0, 0.1) is 0 Å². The number of rotatable bonds is 3. The number of pyridine rings is 1. The van der Waals surface area contributed by atoms with Gasteiger partial charge in [0, 0.05) is 37.3 Å². The molecule has 13 rings (SSSR count). The van der Waals surface area contributed by atoms with Crippen molar-refractivity contribution in [2.24, 2.45) is 0 Å². The highest BCUT2D eigenvalue weighted by Gasteiger charge is 2.20. The molecule has 3 nitrogen and oxygen atoms in total. The van der Waals surface area contributed by atoms with E-state index < -0.39 is 0 Å². The molecular weight excluding hydrogens is 711 g/mol. The third-order valence-corrected chi connectivity index (χ3v) is 13.2. The highest BCUT2D eigenvalue weighted by Crippen LogP contribution is 2.43. The average molecular weight is 742 g/mol. The predicted octanol–water partition coefficient (Wildman–Crippen LogP) is 14.7. The molecule has 4 aromatic heterocycles. The van der Waals surface area contributed by atoms with Gasteiger partial charge >= 0.3 is 0 Å². The van der Waals surface area contributed by atoms with Gasteiger partial charge in [-0.2, -0.15) is 0 Å². The van der Waals surface area contributed by atoms with Gasteiger partial charge in [0.25, 0.3) is 0 Å². The third kappa shape index (κ3) is 4.50. The minimum atomic E-state index is 1.01. The molecule has 4 heteroatoms. The van der Waals surface area contributed by atoms with E-state index in [9.17, 15) is 0 Å². The molecule has 0 unspecified atom stereocenters. The van der Waals surface area contributed by atoms with Crippen molar-refractivity contribution in [3.8, 4) is 28.1 Å². The summed E-state index contributed by atoms with van der Waals surface area (Å²) in [5, 5.41) is 12.5. The highest BCUT2D eigenvalue weighted by molar-refractivity contribution is 7.26. The van der Waals surface area contributed by atoms with Crippen LogP contribution in [0.3, 0.4) is 0 Å². The minimum absolute atomic E-state index is 1.01. The van der Waals surface area contributed by atoms with Gasteiger partial charge < -0.3 is 4.57 Å². The molecule has 0 aliphatic heterocycles. The van der Waals surface area contributed by atoms with E-state index >= 15 is 0 Å². The molecule has 0 aliphatic rings. The Morgan fingerprint density at radius 1 is 0.386 bits per heavy atom. The summed E-state index contributed by atoms with van der Waals surface area (Å²) in [6.45, 7) is 0. The van der Waals surface area contributed by atoms with E-state index in [-0.39, 0.29) is 0 Å². The summed E-state index contributed by atoms with van der Waals surface area (Å²) >= 11 is 1.85. The molecule has 4 heterocycles. The van der Waals surface area contributed by atoms with Crippen LogP contribution in [0.1, 0.15) is 0 Å². The Morgan fingerprint density at radius 3 is 1.63 bits per heavy atom. The SMILES string of the molecule is c1ccc2cc3c(ccc4c3nc3c5sc6cc7ccccc7cc6c5cc(-c5ccc(-c6ccc(-n7c8ccccc8c8ccccc87)cc6)cc5)n43)cc2c1. The van der Waals surface area contributed by atoms with Crippen LogP contribution in [0.15, 0.2) is 188 Å². The molecule has 0 amide bonds. The second kappa shape index (κ2) is 11.6. The Morgan fingerprint density at radius 2 is 0.947 bits per heavy atom. The summed E-state index contributed by atoms with van der Waals surface area (Å²) in [7, 11) is 0. The van der Waals surface area contributed by atoms with Crippen LogP contribution in [0.25, 0.3) is 119 Å². The van der Waals surface area contributed by atoms with Crippen molar-refractivity contribution in [3.63, 3.8) is 0 Å². The monoisotopic (exact) mass is 741 g/mol. The number of aromatic nitrogens is 3. The van der Waals surface area contributed by atoms with E-state index in [0.717, 1.165) is 33.6 Å². The number of benzene rings is 9. The van der Waals surface area contributed by atoms with Crippen molar-refractivity contribution in [1.82, 2.24) is 14.0 Å². The van der Waals surface area contributed by atoms with Crippen LogP contribution in [-0.2, 0) is 0 Å². The largest absolute Gasteiger partial charge is 0.309 e. The maximum Gasteiger partial charge on any atom is 0.156 e. The summed E-state index contributed by atoms with van der Waals surface area (Å²) in [4.78, 5) is 5.53. The average Bonchev–Trinajstić information content (AvgIpc) is 3.95. The van der Waals surface area contributed by atoms with Crippen LogP contribution in [0.4, 0.5) is 0 Å². The molecule has 0 fully saturated rings. The van der Waals surface area contributed by atoms with Crippen LogP contribution >= 0.6 is 11.3 Å². The molecule has 0 aliphatic carbocycles. The van der Waals surface area contributed by atoms with Crippen LogP contribution in [0.2, 0.25) is 0 Å². The Kier molecular flexibility index (Phi) is 6.32. The molecule has 0 atom stereocenters. The first-order valence-corrected chi connectivity index (χ1v) is 20.3. The third-order valence-electron chi connectivity index (χ3n) is 12.0. The fourth-order valence-corrected chi connectivity index (χ4v) is 10.5. The molecule has 0 saturated heterocycles. The first kappa shape index (κ1) is 31.0. The number of hydrogen-bond acceptors (Lipinski definition) is 2. The molecule has 0 spiro atoms. The number of nitrogens with zero attached hydrogens (tertiary/aromatic N) is 3. The molecule has 0 bridgehead atoms. The second-order valence-electron chi connectivity index (χ2n) is 15.2. The lowest BCUT2D eigenvalue weighted by molar-refractivity contribution is 1.18. The molecule has 9 aromatic carbocycles. The molecule has 57 heavy (non-hydrogen) atoms. The lowest BCUT2D eigenvalue weighted by Gasteiger charge is -2.11. The molecule has 13 aromatic rings. The van der Waals surface area contributed by atoms with E-state index in [2.05, 4.69) is 197 Å². The van der Waals surface area contributed by atoms with Gasteiger partial charge in [-0.05, 0) is 104 Å². The lowest BCUT2D eigenvalue weighted by Crippen LogP contribution is -1.94. The number of imidazole rings is 1. The quantitative estimate of drug-likeness (QED) is 0.165. The van der Waals surface area contributed by atoms with Crippen LogP contribution in [-0.4, -0.2) is 14.0 Å². The van der Waals surface area contributed by atoms with Crippen molar-refractivity contribution in [2.75, 3.05) is 0 Å². The predicted molar refractivity (Wildman–Crippen MR) is 243 cm³/mol. The van der Waals surface area contributed by atoms with Crippen molar-refractivity contribution in [1.29, 1.82) is 0 Å². The summed E-state index contributed by atoms with van der Waals surface area (Å²) in [5.41, 5.74) is 11.4. The highest BCUT2D eigenvalue weighted by atomic mass is 32.1. The molecule has 0 N–H and O–H groups in total. The second-order valence-corrected chi connectivity index (χ2v) is 16.2. The van der Waals surface area contributed by atoms with Gasteiger partial charge in [0.2, 0.25) is 0 Å². The van der Waals surface area contributed by atoms with E-state index in [1.165, 1.54) is 85.4 Å². The number of hydrogen-bond donors (Lipinski definition) is 0. The number of para-hydroxylation sites is 2. The van der Waals surface area contributed by atoms with Gasteiger partial charge in [0.05, 0.1) is 32.5 Å². The van der Waals surface area contributed by atoms with Crippen LogP contribution in [0.5, 0.6) is 0 Å². The number of fused-ring (bicyclic) bond motifs is 14. The topological polar surface area (TPSA) is 22.2 Å². The summed E-state index contributed by atoms with van der Waals surface area (Å²) in [6, 6.07) is 69.0. The first-order chi connectivity index (χ1) is 28.2. The van der Waals surface area contributed by atoms with Crippen molar-refractivity contribution < 1.29 is 0 Å². The maximum absolute atomic E-state index is 5.53. The maximum atomic E-state index is 5.53. The molecule has 0 radical (unpaired) electrons. The van der Waals surface area contributed by atoms with Gasteiger partial charge in [0.1, 0.15) is 0 Å².